The Morgan fingerprint density at radius 3 is 2.44 bits per heavy atom. The van der Waals surface area contributed by atoms with E-state index in [4.69, 9.17) is 17.3 Å². The van der Waals surface area contributed by atoms with E-state index in [0.29, 0.717) is 23.4 Å². The van der Waals surface area contributed by atoms with Gasteiger partial charge in [-0.1, -0.05) is 48.9 Å². The van der Waals surface area contributed by atoms with Crippen molar-refractivity contribution in [3.05, 3.63) is 64.7 Å². The number of amides is 2. The summed E-state index contributed by atoms with van der Waals surface area (Å²) < 4.78 is 0. The van der Waals surface area contributed by atoms with E-state index in [2.05, 4.69) is 10.6 Å². The topological polar surface area (TPSA) is 84.2 Å². The lowest BCUT2D eigenvalue weighted by molar-refractivity contribution is -0.120. The molecule has 2 aromatic rings. The molecule has 25 heavy (non-hydrogen) atoms. The standard InChI is InChI=1S/C19H22ClN3O2/c1-3-11-22-17(24)15-10-9-14(12-16(15)20)23-18(25)19(2,21)13-7-5-4-6-8-13/h4-10,12H,3,11,21H2,1-2H3,(H,22,24)(H,23,25). The Morgan fingerprint density at radius 2 is 1.84 bits per heavy atom. The van der Waals surface area contributed by atoms with E-state index >= 15 is 0 Å². The lowest BCUT2D eigenvalue weighted by atomic mass is 9.92. The summed E-state index contributed by atoms with van der Waals surface area (Å²) in [6.07, 6.45) is 0.839. The SMILES string of the molecule is CCCNC(=O)c1ccc(NC(=O)C(C)(N)c2ccccc2)cc1Cl. The van der Waals surface area contributed by atoms with Gasteiger partial charge in [0.2, 0.25) is 5.91 Å². The summed E-state index contributed by atoms with van der Waals surface area (Å²) in [6.45, 7) is 4.19. The van der Waals surface area contributed by atoms with Gasteiger partial charge in [0, 0.05) is 12.2 Å². The summed E-state index contributed by atoms with van der Waals surface area (Å²) in [7, 11) is 0. The van der Waals surface area contributed by atoms with E-state index in [0.717, 1.165) is 6.42 Å². The molecule has 0 aliphatic rings. The Kier molecular flexibility index (Phi) is 6.17. The Bertz CT molecular complexity index is 761. The summed E-state index contributed by atoms with van der Waals surface area (Å²) in [5.74, 6) is -0.601. The summed E-state index contributed by atoms with van der Waals surface area (Å²) in [6, 6.07) is 13.9. The van der Waals surface area contributed by atoms with E-state index in [1.807, 2.05) is 25.1 Å². The molecule has 0 radical (unpaired) electrons. The highest BCUT2D eigenvalue weighted by Gasteiger charge is 2.30. The third kappa shape index (κ3) is 4.59. The molecule has 0 bridgehead atoms. The van der Waals surface area contributed by atoms with Crippen LogP contribution in [0.5, 0.6) is 0 Å². The number of halogens is 1. The predicted octanol–water partition coefficient (Wildman–Crippen LogP) is 3.29. The number of nitrogens with two attached hydrogens (primary N) is 1. The molecule has 1 unspecified atom stereocenters. The molecule has 0 saturated heterocycles. The molecular formula is C19H22ClN3O2. The number of hydrogen-bond acceptors (Lipinski definition) is 3. The zero-order valence-corrected chi connectivity index (χ0v) is 15.1. The van der Waals surface area contributed by atoms with Crippen molar-refractivity contribution >= 4 is 29.1 Å². The summed E-state index contributed by atoms with van der Waals surface area (Å²) in [5, 5.41) is 5.78. The minimum Gasteiger partial charge on any atom is -0.352 e. The quantitative estimate of drug-likeness (QED) is 0.739. The molecule has 0 aromatic heterocycles. The maximum atomic E-state index is 12.5. The lowest BCUT2D eigenvalue weighted by Gasteiger charge is -2.24. The predicted molar refractivity (Wildman–Crippen MR) is 101 cm³/mol. The van der Waals surface area contributed by atoms with Crippen LogP contribution in [-0.2, 0) is 10.3 Å². The van der Waals surface area contributed by atoms with Gasteiger partial charge in [0.1, 0.15) is 5.54 Å². The number of benzene rings is 2. The summed E-state index contributed by atoms with van der Waals surface area (Å²) in [5.41, 5.74) is 6.55. The molecule has 0 aliphatic heterocycles. The Labute approximate surface area is 152 Å². The van der Waals surface area contributed by atoms with Crippen molar-refractivity contribution in [3.63, 3.8) is 0 Å². The van der Waals surface area contributed by atoms with Gasteiger partial charge in [0.05, 0.1) is 10.6 Å². The molecule has 0 aliphatic carbocycles. The first-order valence-corrected chi connectivity index (χ1v) is 8.47. The van der Waals surface area contributed by atoms with E-state index in [9.17, 15) is 9.59 Å². The minimum atomic E-state index is -1.19. The second-order valence-electron chi connectivity index (χ2n) is 5.97. The highest BCUT2D eigenvalue weighted by atomic mass is 35.5. The molecule has 0 spiro atoms. The Balaban J connectivity index is 2.14. The number of carbonyl (C=O) groups excluding carboxylic acids is 2. The fourth-order valence-electron chi connectivity index (χ4n) is 2.29. The normalized spacial score (nSPS) is 13.0. The molecule has 0 fully saturated rings. The molecule has 2 aromatic carbocycles. The van der Waals surface area contributed by atoms with Gasteiger partial charge < -0.3 is 16.4 Å². The van der Waals surface area contributed by atoms with E-state index in [1.165, 1.54) is 0 Å². The number of carbonyl (C=O) groups is 2. The van der Waals surface area contributed by atoms with Crippen molar-refractivity contribution in [2.45, 2.75) is 25.8 Å². The Morgan fingerprint density at radius 1 is 1.16 bits per heavy atom. The molecule has 0 heterocycles. The highest BCUT2D eigenvalue weighted by Crippen LogP contribution is 2.24. The van der Waals surface area contributed by atoms with Crippen LogP contribution in [0.3, 0.4) is 0 Å². The fraction of sp³-hybridized carbons (Fsp3) is 0.263. The van der Waals surface area contributed by atoms with Crippen molar-refractivity contribution in [3.8, 4) is 0 Å². The zero-order chi connectivity index (χ0) is 18.4. The van der Waals surface area contributed by atoms with Gasteiger partial charge in [0.25, 0.3) is 5.91 Å². The third-order valence-corrected chi connectivity index (χ3v) is 4.17. The van der Waals surface area contributed by atoms with E-state index in [-0.39, 0.29) is 16.8 Å². The molecule has 2 amide bonds. The Hall–Kier alpha value is -2.37. The monoisotopic (exact) mass is 359 g/mol. The molecule has 132 valence electrons. The molecule has 1 atom stereocenters. The molecule has 2 rings (SSSR count). The smallest absolute Gasteiger partial charge is 0.252 e. The molecule has 0 saturated carbocycles. The third-order valence-electron chi connectivity index (χ3n) is 3.85. The first-order chi connectivity index (χ1) is 11.9. The highest BCUT2D eigenvalue weighted by molar-refractivity contribution is 6.34. The molecule has 6 heteroatoms. The van der Waals surface area contributed by atoms with Crippen LogP contribution in [0.2, 0.25) is 5.02 Å². The van der Waals surface area contributed by atoms with Crippen LogP contribution in [0.1, 0.15) is 36.2 Å². The van der Waals surface area contributed by atoms with E-state index < -0.39 is 5.54 Å². The van der Waals surface area contributed by atoms with Crippen LogP contribution in [0.15, 0.2) is 48.5 Å². The largest absolute Gasteiger partial charge is 0.352 e. The van der Waals surface area contributed by atoms with Crippen LogP contribution in [0.25, 0.3) is 0 Å². The second-order valence-corrected chi connectivity index (χ2v) is 6.38. The van der Waals surface area contributed by atoms with Gasteiger partial charge in [0.15, 0.2) is 0 Å². The fourth-order valence-corrected chi connectivity index (χ4v) is 2.55. The number of hydrogen-bond donors (Lipinski definition) is 3. The number of rotatable bonds is 6. The number of nitrogens with one attached hydrogen (secondary N) is 2. The maximum absolute atomic E-state index is 12.5. The minimum absolute atomic E-state index is 0.238. The van der Waals surface area contributed by atoms with Crippen LogP contribution < -0.4 is 16.4 Å². The van der Waals surface area contributed by atoms with Crippen molar-refractivity contribution in [2.24, 2.45) is 5.73 Å². The average Bonchev–Trinajstić information content (AvgIpc) is 2.60. The molecular weight excluding hydrogens is 338 g/mol. The van der Waals surface area contributed by atoms with Gasteiger partial charge in [-0.25, -0.2) is 0 Å². The summed E-state index contributed by atoms with van der Waals surface area (Å²) in [4.78, 5) is 24.5. The lowest BCUT2D eigenvalue weighted by Crippen LogP contribution is -2.45. The van der Waals surface area contributed by atoms with Crippen molar-refractivity contribution < 1.29 is 9.59 Å². The first kappa shape index (κ1) is 19.0. The van der Waals surface area contributed by atoms with Crippen LogP contribution in [0, 0.1) is 0 Å². The van der Waals surface area contributed by atoms with Crippen LogP contribution >= 0.6 is 11.6 Å². The molecule has 5 nitrogen and oxygen atoms in total. The summed E-state index contributed by atoms with van der Waals surface area (Å²) >= 11 is 6.17. The van der Waals surface area contributed by atoms with Gasteiger partial charge in [-0.2, -0.15) is 0 Å². The van der Waals surface area contributed by atoms with Crippen LogP contribution in [-0.4, -0.2) is 18.4 Å². The van der Waals surface area contributed by atoms with Crippen LogP contribution in [0.4, 0.5) is 5.69 Å². The maximum Gasteiger partial charge on any atom is 0.252 e. The second kappa shape index (κ2) is 8.14. The van der Waals surface area contributed by atoms with Crippen molar-refractivity contribution in [1.29, 1.82) is 0 Å². The average molecular weight is 360 g/mol. The van der Waals surface area contributed by atoms with Gasteiger partial charge in [-0.05, 0) is 37.1 Å². The van der Waals surface area contributed by atoms with E-state index in [1.54, 1.807) is 37.3 Å². The van der Waals surface area contributed by atoms with Crippen molar-refractivity contribution in [2.75, 3.05) is 11.9 Å². The van der Waals surface area contributed by atoms with Crippen molar-refractivity contribution in [1.82, 2.24) is 5.32 Å². The van der Waals surface area contributed by atoms with Gasteiger partial charge in [-0.15, -0.1) is 0 Å². The van der Waals surface area contributed by atoms with Gasteiger partial charge >= 0.3 is 0 Å². The first-order valence-electron chi connectivity index (χ1n) is 8.10. The molecule has 4 N–H and O–H groups in total. The zero-order valence-electron chi connectivity index (χ0n) is 14.3. The van der Waals surface area contributed by atoms with Gasteiger partial charge in [-0.3, -0.25) is 9.59 Å². The number of anilines is 1.